The van der Waals surface area contributed by atoms with E-state index in [0.29, 0.717) is 0 Å². The normalized spacial score (nSPS) is 12.7. The molecule has 1 atom stereocenters. The number of benzene rings is 1. The van der Waals surface area contributed by atoms with Crippen molar-refractivity contribution in [2.75, 3.05) is 0 Å². The Labute approximate surface area is 119 Å². The summed E-state index contributed by atoms with van der Waals surface area (Å²) in [4.78, 5) is 1.31. The first-order chi connectivity index (χ1) is 8.13. The highest BCUT2D eigenvalue weighted by Crippen LogP contribution is 2.29. The predicted molar refractivity (Wildman–Crippen MR) is 82.1 cm³/mol. The van der Waals surface area contributed by atoms with Gasteiger partial charge < -0.3 is 0 Å². The van der Waals surface area contributed by atoms with E-state index in [1.54, 1.807) is 11.3 Å². The SMILES string of the molecule is Cc1cc(C(NN)c2cccc(C)c2I)cs1. The molecule has 0 aliphatic rings. The minimum atomic E-state index is 0.0757. The third-order valence-electron chi connectivity index (χ3n) is 2.78. The smallest absolute Gasteiger partial charge is 0.0728 e. The van der Waals surface area contributed by atoms with Gasteiger partial charge in [-0.25, -0.2) is 5.43 Å². The number of halogens is 1. The highest BCUT2D eigenvalue weighted by atomic mass is 127. The van der Waals surface area contributed by atoms with Gasteiger partial charge in [-0.15, -0.1) is 11.3 Å². The van der Waals surface area contributed by atoms with Crippen molar-refractivity contribution in [3.8, 4) is 0 Å². The maximum absolute atomic E-state index is 5.72. The fourth-order valence-corrected chi connectivity index (χ4v) is 3.27. The van der Waals surface area contributed by atoms with Crippen molar-refractivity contribution >= 4 is 33.9 Å². The van der Waals surface area contributed by atoms with E-state index in [0.717, 1.165) is 0 Å². The number of hydrazine groups is 1. The average molecular weight is 358 g/mol. The summed E-state index contributed by atoms with van der Waals surface area (Å²) in [6.07, 6.45) is 0. The van der Waals surface area contributed by atoms with Gasteiger partial charge in [0.25, 0.3) is 0 Å². The monoisotopic (exact) mass is 358 g/mol. The van der Waals surface area contributed by atoms with Gasteiger partial charge in [0.05, 0.1) is 6.04 Å². The zero-order valence-corrected chi connectivity index (χ0v) is 12.8. The van der Waals surface area contributed by atoms with E-state index in [-0.39, 0.29) is 6.04 Å². The van der Waals surface area contributed by atoms with Crippen LogP contribution in [0.2, 0.25) is 0 Å². The maximum atomic E-state index is 5.72. The number of nitrogens with two attached hydrogens (primary N) is 1. The third kappa shape index (κ3) is 2.70. The van der Waals surface area contributed by atoms with Crippen LogP contribution in [0.1, 0.15) is 27.6 Å². The first-order valence-electron chi connectivity index (χ1n) is 5.39. The Morgan fingerprint density at radius 2 is 2.12 bits per heavy atom. The number of aryl methyl sites for hydroxylation is 2. The molecular formula is C13H15IN2S. The van der Waals surface area contributed by atoms with Crippen molar-refractivity contribution in [1.29, 1.82) is 0 Å². The summed E-state index contributed by atoms with van der Waals surface area (Å²) in [5.74, 6) is 5.72. The summed E-state index contributed by atoms with van der Waals surface area (Å²) in [5, 5.41) is 2.16. The number of hydrogen-bond donors (Lipinski definition) is 2. The average Bonchev–Trinajstić information content (AvgIpc) is 2.72. The van der Waals surface area contributed by atoms with Gasteiger partial charge in [0.2, 0.25) is 0 Å². The molecule has 4 heteroatoms. The van der Waals surface area contributed by atoms with Crippen molar-refractivity contribution in [2.24, 2.45) is 5.84 Å². The topological polar surface area (TPSA) is 38.0 Å². The zero-order valence-electron chi connectivity index (χ0n) is 9.83. The van der Waals surface area contributed by atoms with Crippen LogP contribution in [0.3, 0.4) is 0 Å². The van der Waals surface area contributed by atoms with Gasteiger partial charge in [0.15, 0.2) is 0 Å². The number of nitrogens with one attached hydrogen (secondary N) is 1. The van der Waals surface area contributed by atoms with E-state index in [1.165, 1.54) is 25.1 Å². The molecule has 0 saturated heterocycles. The maximum Gasteiger partial charge on any atom is 0.0728 e. The van der Waals surface area contributed by atoms with Crippen molar-refractivity contribution in [1.82, 2.24) is 5.43 Å². The highest BCUT2D eigenvalue weighted by molar-refractivity contribution is 14.1. The molecule has 1 heterocycles. The second-order valence-corrected chi connectivity index (χ2v) is 6.26. The summed E-state index contributed by atoms with van der Waals surface area (Å²) < 4.78 is 1.27. The number of hydrogen-bond acceptors (Lipinski definition) is 3. The molecule has 17 heavy (non-hydrogen) atoms. The molecular weight excluding hydrogens is 343 g/mol. The highest BCUT2D eigenvalue weighted by Gasteiger charge is 2.16. The van der Waals surface area contributed by atoms with Crippen LogP contribution >= 0.6 is 33.9 Å². The first-order valence-corrected chi connectivity index (χ1v) is 7.35. The summed E-state index contributed by atoms with van der Waals surface area (Å²) >= 11 is 4.14. The molecule has 1 aromatic heterocycles. The van der Waals surface area contributed by atoms with Crippen LogP contribution in [0.25, 0.3) is 0 Å². The van der Waals surface area contributed by atoms with Crippen LogP contribution in [0, 0.1) is 17.4 Å². The Balaban J connectivity index is 2.45. The molecule has 3 N–H and O–H groups in total. The Bertz CT molecular complexity index is 522. The Morgan fingerprint density at radius 1 is 1.35 bits per heavy atom. The lowest BCUT2D eigenvalue weighted by Crippen LogP contribution is -2.29. The fourth-order valence-electron chi connectivity index (χ4n) is 1.87. The van der Waals surface area contributed by atoms with E-state index < -0.39 is 0 Å². The van der Waals surface area contributed by atoms with Crippen LogP contribution < -0.4 is 11.3 Å². The molecule has 0 fully saturated rings. The Hall–Kier alpha value is -0.430. The van der Waals surface area contributed by atoms with Crippen LogP contribution in [-0.4, -0.2) is 0 Å². The lowest BCUT2D eigenvalue weighted by atomic mass is 10.00. The van der Waals surface area contributed by atoms with E-state index >= 15 is 0 Å². The summed E-state index contributed by atoms with van der Waals surface area (Å²) in [6, 6.07) is 8.60. The van der Waals surface area contributed by atoms with E-state index in [4.69, 9.17) is 5.84 Å². The van der Waals surface area contributed by atoms with Gasteiger partial charge in [-0.3, -0.25) is 5.84 Å². The molecule has 1 unspecified atom stereocenters. The second kappa shape index (κ2) is 5.48. The van der Waals surface area contributed by atoms with E-state index in [1.807, 2.05) is 0 Å². The van der Waals surface area contributed by atoms with Gasteiger partial charge >= 0.3 is 0 Å². The molecule has 2 nitrogen and oxygen atoms in total. The van der Waals surface area contributed by atoms with Crippen LogP contribution in [0.5, 0.6) is 0 Å². The van der Waals surface area contributed by atoms with Gasteiger partial charge in [0, 0.05) is 8.45 Å². The van der Waals surface area contributed by atoms with Gasteiger partial charge in [-0.2, -0.15) is 0 Å². The number of thiophene rings is 1. The molecule has 2 aromatic rings. The minimum Gasteiger partial charge on any atom is -0.271 e. The minimum absolute atomic E-state index is 0.0757. The molecule has 0 amide bonds. The van der Waals surface area contributed by atoms with E-state index in [2.05, 4.69) is 71.5 Å². The fraction of sp³-hybridized carbons (Fsp3) is 0.231. The largest absolute Gasteiger partial charge is 0.271 e. The van der Waals surface area contributed by atoms with Gasteiger partial charge in [-0.05, 0) is 64.6 Å². The Morgan fingerprint density at radius 3 is 2.71 bits per heavy atom. The van der Waals surface area contributed by atoms with Crippen LogP contribution in [-0.2, 0) is 0 Å². The summed E-state index contributed by atoms with van der Waals surface area (Å²) in [5.41, 5.74) is 6.68. The van der Waals surface area contributed by atoms with Crippen LogP contribution in [0.15, 0.2) is 29.6 Å². The van der Waals surface area contributed by atoms with Gasteiger partial charge in [0.1, 0.15) is 0 Å². The lowest BCUT2D eigenvalue weighted by molar-refractivity contribution is 0.635. The summed E-state index contributed by atoms with van der Waals surface area (Å²) in [7, 11) is 0. The molecule has 1 aromatic carbocycles. The molecule has 0 radical (unpaired) electrons. The molecule has 0 aliphatic heterocycles. The molecule has 0 bridgehead atoms. The van der Waals surface area contributed by atoms with Crippen molar-refractivity contribution in [2.45, 2.75) is 19.9 Å². The second-order valence-electron chi connectivity index (χ2n) is 4.07. The molecule has 2 rings (SSSR count). The zero-order chi connectivity index (χ0) is 12.4. The lowest BCUT2D eigenvalue weighted by Gasteiger charge is -2.18. The van der Waals surface area contributed by atoms with Crippen molar-refractivity contribution in [3.63, 3.8) is 0 Å². The standard InChI is InChI=1S/C13H15IN2S/c1-8-4-3-5-11(12(8)14)13(16-15)10-6-9(2)17-7-10/h3-7,13,16H,15H2,1-2H3. The van der Waals surface area contributed by atoms with Crippen molar-refractivity contribution in [3.05, 3.63) is 54.8 Å². The Kier molecular flexibility index (Phi) is 4.19. The third-order valence-corrected chi connectivity index (χ3v) is 5.14. The molecule has 0 spiro atoms. The van der Waals surface area contributed by atoms with Gasteiger partial charge in [-0.1, -0.05) is 18.2 Å². The number of rotatable bonds is 3. The van der Waals surface area contributed by atoms with Crippen molar-refractivity contribution < 1.29 is 0 Å². The summed E-state index contributed by atoms with van der Waals surface area (Å²) in [6.45, 7) is 4.24. The van der Waals surface area contributed by atoms with E-state index in [9.17, 15) is 0 Å². The molecule has 0 aliphatic carbocycles. The molecule has 90 valence electrons. The molecule has 0 saturated carbocycles. The first kappa shape index (κ1) is 13.0. The van der Waals surface area contributed by atoms with Crippen LogP contribution in [0.4, 0.5) is 0 Å². The quantitative estimate of drug-likeness (QED) is 0.501. The predicted octanol–water partition coefficient (Wildman–Crippen LogP) is 3.52.